The number of benzene rings is 1. The lowest BCUT2D eigenvalue weighted by Gasteiger charge is -2.48. The lowest BCUT2D eigenvalue weighted by Crippen LogP contribution is -2.60. The van der Waals surface area contributed by atoms with Crippen molar-refractivity contribution in [3.63, 3.8) is 0 Å². The van der Waals surface area contributed by atoms with Gasteiger partial charge in [0.1, 0.15) is 5.75 Å². The molecule has 3 rings (SSSR count). The van der Waals surface area contributed by atoms with E-state index in [0.717, 1.165) is 39.1 Å². The van der Waals surface area contributed by atoms with Gasteiger partial charge in [-0.1, -0.05) is 19.3 Å². The van der Waals surface area contributed by atoms with Crippen LogP contribution in [0.5, 0.6) is 5.75 Å². The molecule has 0 spiro atoms. The van der Waals surface area contributed by atoms with E-state index < -0.39 is 6.10 Å². The van der Waals surface area contributed by atoms with Crippen LogP contribution in [0.2, 0.25) is 0 Å². The number of morpholine rings is 1. The summed E-state index contributed by atoms with van der Waals surface area (Å²) in [5.74, 6) is 0.500. The third-order valence-electron chi connectivity index (χ3n) is 6.00. The molecule has 1 N–H and O–H groups in total. The molecule has 1 saturated heterocycles. The number of ketones is 1. The largest absolute Gasteiger partial charge is 0.481 e. The number of carbonyl (C=O) groups excluding carboxylic acids is 2. The summed E-state index contributed by atoms with van der Waals surface area (Å²) in [6, 6.07) is 6.91. The number of carbonyl (C=O) groups is 2. The van der Waals surface area contributed by atoms with Crippen LogP contribution < -0.4 is 10.1 Å². The first kappa shape index (κ1) is 20.8. The molecular formula is C22H32N2O4. The van der Waals surface area contributed by atoms with E-state index in [1.165, 1.54) is 26.2 Å². The van der Waals surface area contributed by atoms with Crippen LogP contribution in [0, 0.1) is 0 Å². The molecule has 2 aliphatic rings. The predicted molar refractivity (Wildman–Crippen MR) is 108 cm³/mol. The predicted octanol–water partition coefficient (Wildman–Crippen LogP) is 2.81. The van der Waals surface area contributed by atoms with E-state index >= 15 is 0 Å². The summed E-state index contributed by atoms with van der Waals surface area (Å²) in [4.78, 5) is 26.5. The van der Waals surface area contributed by atoms with Gasteiger partial charge in [0.05, 0.1) is 13.2 Å². The van der Waals surface area contributed by atoms with Crippen LogP contribution in [-0.2, 0) is 9.53 Å². The van der Waals surface area contributed by atoms with Gasteiger partial charge < -0.3 is 14.8 Å². The summed E-state index contributed by atoms with van der Waals surface area (Å²) in [5, 5.41) is 3.14. The fourth-order valence-electron chi connectivity index (χ4n) is 4.27. The van der Waals surface area contributed by atoms with Crippen molar-refractivity contribution in [2.75, 3.05) is 32.8 Å². The van der Waals surface area contributed by atoms with Crippen LogP contribution in [0.1, 0.15) is 56.3 Å². The molecule has 1 atom stereocenters. The standard InChI is InChI=1S/C22H32N2O4/c1-17(25)19-6-8-20(9-7-19)28-18(2)21(26)23-16-22(10-4-3-5-11-22)24-12-14-27-15-13-24/h6-9,18H,3-5,10-16H2,1-2H3,(H,23,26)/t18-/m0/s1. The van der Waals surface area contributed by atoms with Crippen LogP contribution in [0.25, 0.3) is 0 Å². The molecule has 1 aliphatic carbocycles. The Morgan fingerprint density at radius 1 is 1.14 bits per heavy atom. The molecule has 1 heterocycles. The molecular weight excluding hydrogens is 356 g/mol. The Bertz CT molecular complexity index is 662. The molecule has 1 aliphatic heterocycles. The van der Waals surface area contributed by atoms with Crippen molar-refractivity contribution in [2.45, 2.75) is 57.6 Å². The van der Waals surface area contributed by atoms with Crippen LogP contribution in [0.15, 0.2) is 24.3 Å². The van der Waals surface area contributed by atoms with E-state index in [-0.39, 0.29) is 17.2 Å². The number of rotatable bonds is 7. The molecule has 2 fully saturated rings. The normalized spacial score (nSPS) is 20.9. The summed E-state index contributed by atoms with van der Waals surface area (Å²) >= 11 is 0. The maximum absolute atomic E-state index is 12.7. The number of nitrogens with one attached hydrogen (secondary N) is 1. The molecule has 6 nitrogen and oxygen atoms in total. The highest BCUT2D eigenvalue weighted by Gasteiger charge is 2.39. The van der Waals surface area contributed by atoms with E-state index in [2.05, 4.69) is 10.2 Å². The Labute approximate surface area is 167 Å². The van der Waals surface area contributed by atoms with Gasteiger partial charge in [-0.3, -0.25) is 14.5 Å². The van der Waals surface area contributed by atoms with Crippen molar-refractivity contribution in [1.82, 2.24) is 10.2 Å². The van der Waals surface area contributed by atoms with Gasteiger partial charge in [-0.15, -0.1) is 0 Å². The molecule has 154 valence electrons. The number of hydrogen-bond donors (Lipinski definition) is 1. The van der Waals surface area contributed by atoms with Crippen LogP contribution in [0.4, 0.5) is 0 Å². The number of amides is 1. The maximum atomic E-state index is 12.7. The Morgan fingerprint density at radius 2 is 1.79 bits per heavy atom. The summed E-state index contributed by atoms with van der Waals surface area (Å²) < 4.78 is 11.3. The van der Waals surface area contributed by atoms with Gasteiger partial charge in [-0.25, -0.2) is 0 Å². The summed E-state index contributed by atoms with van der Waals surface area (Å²) in [7, 11) is 0. The lowest BCUT2D eigenvalue weighted by atomic mass is 9.79. The van der Waals surface area contributed by atoms with Crippen molar-refractivity contribution in [3.8, 4) is 5.75 Å². The van der Waals surface area contributed by atoms with Gasteiger partial charge in [-0.05, 0) is 51.0 Å². The van der Waals surface area contributed by atoms with E-state index in [4.69, 9.17) is 9.47 Å². The van der Waals surface area contributed by atoms with Crippen molar-refractivity contribution in [2.24, 2.45) is 0 Å². The van der Waals surface area contributed by atoms with Crippen molar-refractivity contribution in [1.29, 1.82) is 0 Å². The Balaban J connectivity index is 1.56. The third-order valence-corrected chi connectivity index (χ3v) is 6.00. The molecule has 1 aromatic rings. The first-order chi connectivity index (χ1) is 13.5. The zero-order chi connectivity index (χ0) is 20.0. The first-order valence-electron chi connectivity index (χ1n) is 10.4. The summed E-state index contributed by atoms with van der Waals surface area (Å²) in [6.45, 7) is 7.35. The van der Waals surface area contributed by atoms with Crippen LogP contribution in [-0.4, -0.2) is 61.1 Å². The quantitative estimate of drug-likeness (QED) is 0.728. The molecule has 0 unspecified atom stereocenters. The average Bonchev–Trinajstić information content (AvgIpc) is 2.73. The zero-order valence-corrected chi connectivity index (χ0v) is 17.0. The van der Waals surface area contributed by atoms with E-state index in [0.29, 0.717) is 17.9 Å². The molecule has 0 aromatic heterocycles. The molecule has 0 radical (unpaired) electrons. The lowest BCUT2D eigenvalue weighted by molar-refractivity contribution is -0.128. The second-order valence-electron chi connectivity index (χ2n) is 7.94. The highest BCUT2D eigenvalue weighted by atomic mass is 16.5. The van der Waals surface area contributed by atoms with Gasteiger partial charge in [0, 0.05) is 30.7 Å². The average molecular weight is 389 g/mol. The number of hydrogen-bond acceptors (Lipinski definition) is 5. The molecule has 6 heteroatoms. The van der Waals surface area contributed by atoms with Gasteiger partial charge in [-0.2, -0.15) is 0 Å². The Hall–Kier alpha value is -1.92. The van der Waals surface area contributed by atoms with Crippen molar-refractivity contribution in [3.05, 3.63) is 29.8 Å². The fourth-order valence-corrected chi connectivity index (χ4v) is 4.27. The van der Waals surface area contributed by atoms with Gasteiger partial charge in [0.2, 0.25) is 0 Å². The van der Waals surface area contributed by atoms with Crippen molar-refractivity contribution >= 4 is 11.7 Å². The second-order valence-corrected chi connectivity index (χ2v) is 7.94. The van der Waals surface area contributed by atoms with Gasteiger partial charge in [0.15, 0.2) is 11.9 Å². The van der Waals surface area contributed by atoms with Crippen LogP contribution in [0.3, 0.4) is 0 Å². The highest BCUT2D eigenvalue weighted by Crippen LogP contribution is 2.33. The monoisotopic (exact) mass is 388 g/mol. The minimum Gasteiger partial charge on any atom is -0.481 e. The maximum Gasteiger partial charge on any atom is 0.260 e. The highest BCUT2D eigenvalue weighted by molar-refractivity contribution is 5.94. The minimum atomic E-state index is -0.589. The zero-order valence-electron chi connectivity index (χ0n) is 17.0. The third kappa shape index (κ3) is 5.11. The molecule has 0 bridgehead atoms. The van der Waals surface area contributed by atoms with Gasteiger partial charge >= 0.3 is 0 Å². The van der Waals surface area contributed by atoms with E-state index in [1.807, 2.05) is 0 Å². The number of Topliss-reactive ketones (excluding diaryl/α,β-unsaturated/α-hetero) is 1. The fraction of sp³-hybridized carbons (Fsp3) is 0.636. The molecule has 1 saturated carbocycles. The topological polar surface area (TPSA) is 67.9 Å². The SMILES string of the molecule is CC(=O)c1ccc(O[C@@H](C)C(=O)NCC2(N3CCOCC3)CCCCC2)cc1. The van der Waals surface area contributed by atoms with Crippen LogP contribution >= 0.6 is 0 Å². The number of ether oxygens (including phenoxy) is 2. The van der Waals surface area contributed by atoms with E-state index in [1.54, 1.807) is 31.2 Å². The summed E-state index contributed by atoms with van der Waals surface area (Å²) in [6.07, 6.45) is 5.34. The number of nitrogens with zero attached hydrogens (tertiary/aromatic N) is 1. The second kappa shape index (κ2) is 9.52. The molecule has 1 amide bonds. The Kier molecular flexibility index (Phi) is 7.08. The minimum absolute atomic E-state index is 0.0123. The first-order valence-corrected chi connectivity index (χ1v) is 10.4. The molecule has 1 aromatic carbocycles. The van der Waals surface area contributed by atoms with E-state index in [9.17, 15) is 9.59 Å². The smallest absolute Gasteiger partial charge is 0.260 e. The summed E-state index contributed by atoms with van der Waals surface area (Å²) in [5.41, 5.74) is 0.676. The van der Waals surface area contributed by atoms with Gasteiger partial charge in [0.25, 0.3) is 5.91 Å². The molecule has 28 heavy (non-hydrogen) atoms. The van der Waals surface area contributed by atoms with Crippen molar-refractivity contribution < 1.29 is 19.1 Å². The Morgan fingerprint density at radius 3 is 2.39 bits per heavy atom.